The third-order valence-electron chi connectivity index (χ3n) is 2.08. The van der Waals surface area contributed by atoms with E-state index >= 15 is 0 Å². The maximum atomic E-state index is 11.8. The maximum absolute atomic E-state index is 11.8. The maximum Gasteiger partial charge on any atom is 0.256 e. The number of phenols is 2. The normalized spacial score (nSPS) is 10.1. The van der Waals surface area contributed by atoms with Crippen LogP contribution in [0.1, 0.15) is 10.4 Å². The van der Waals surface area contributed by atoms with Gasteiger partial charge in [0, 0.05) is 5.56 Å². The molecule has 0 saturated carbocycles. The third-order valence-corrected chi connectivity index (χ3v) is 2.27. The first-order valence-corrected chi connectivity index (χ1v) is 5.25. The lowest BCUT2D eigenvalue weighted by Gasteiger charge is -2.05. The van der Waals surface area contributed by atoms with Gasteiger partial charge in [0.2, 0.25) is 0 Å². The van der Waals surface area contributed by atoms with Crippen LogP contribution in [0.5, 0.6) is 11.5 Å². The van der Waals surface area contributed by atoms with Gasteiger partial charge in [-0.1, -0.05) is 11.6 Å². The van der Waals surface area contributed by atoms with Crippen molar-refractivity contribution < 1.29 is 15.0 Å². The minimum Gasteiger partial charge on any atom is -0.504 e. The van der Waals surface area contributed by atoms with Crippen molar-refractivity contribution in [1.82, 2.24) is 9.97 Å². The number of carbonyl (C=O) groups is 1. The molecule has 0 atom stereocenters. The number of rotatable bonds is 2. The molecule has 0 radical (unpaired) electrons. The van der Waals surface area contributed by atoms with Crippen LogP contribution in [-0.4, -0.2) is 26.1 Å². The van der Waals surface area contributed by atoms with E-state index in [1.165, 1.54) is 24.5 Å². The number of anilines is 1. The lowest BCUT2D eigenvalue weighted by atomic mass is 10.2. The SMILES string of the molecule is O=C(Nc1cncc(Cl)n1)c1ccc(O)c(O)c1. The van der Waals surface area contributed by atoms with Crippen LogP contribution in [-0.2, 0) is 0 Å². The molecule has 1 heterocycles. The number of halogens is 1. The van der Waals surface area contributed by atoms with E-state index in [0.29, 0.717) is 0 Å². The van der Waals surface area contributed by atoms with Gasteiger partial charge in [0.15, 0.2) is 17.3 Å². The number of nitrogens with one attached hydrogen (secondary N) is 1. The van der Waals surface area contributed by atoms with E-state index in [9.17, 15) is 9.90 Å². The number of carbonyl (C=O) groups excluding carboxylic acids is 1. The van der Waals surface area contributed by atoms with E-state index in [4.69, 9.17) is 16.7 Å². The summed E-state index contributed by atoms with van der Waals surface area (Å²) in [4.78, 5) is 19.4. The van der Waals surface area contributed by atoms with Crippen molar-refractivity contribution in [2.75, 3.05) is 5.32 Å². The summed E-state index contributed by atoms with van der Waals surface area (Å²) in [7, 11) is 0. The highest BCUT2D eigenvalue weighted by molar-refractivity contribution is 6.29. The Labute approximate surface area is 107 Å². The predicted octanol–water partition coefficient (Wildman–Crippen LogP) is 1.79. The van der Waals surface area contributed by atoms with Crippen LogP contribution in [0.3, 0.4) is 0 Å². The lowest BCUT2D eigenvalue weighted by molar-refractivity contribution is 0.102. The molecule has 0 unspecified atom stereocenters. The minimum absolute atomic E-state index is 0.154. The van der Waals surface area contributed by atoms with Gasteiger partial charge in [-0.05, 0) is 18.2 Å². The molecular formula is C11H8ClN3O3. The number of hydrogen-bond donors (Lipinski definition) is 3. The Morgan fingerprint density at radius 2 is 2.00 bits per heavy atom. The zero-order chi connectivity index (χ0) is 13.1. The van der Waals surface area contributed by atoms with E-state index in [1.54, 1.807) is 0 Å². The number of aromatic nitrogens is 2. The van der Waals surface area contributed by atoms with Crippen LogP contribution < -0.4 is 5.32 Å². The van der Waals surface area contributed by atoms with Gasteiger partial charge in [-0.3, -0.25) is 9.78 Å². The molecule has 1 aromatic heterocycles. The molecule has 18 heavy (non-hydrogen) atoms. The molecule has 92 valence electrons. The largest absolute Gasteiger partial charge is 0.504 e. The van der Waals surface area contributed by atoms with E-state index in [2.05, 4.69) is 15.3 Å². The second kappa shape index (κ2) is 4.89. The second-order valence-electron chi connectivity index (χ2n) is 3.38. The molecule has 2 rings (SSSR count). The fourth-order valence-electron chi connectivity index (χ4n) is 1.26. The highest BCUT2D eigenvalue weighted by Gasteiger charge is 2.10. The smallest absolute Gasteiger partial charge is 0.256 e. The molecular weight excluding hydrogens is 258 g/mol. The zero-order valence-corrected chi connectivity index (χ0v) is 9.72. The summed E-state index contributed by atoms with van der Waals surface area (Å²) in [6.45, 7) is 0. The number of amides is 1. The number of benzene rings is 1. The zero-order valence-electron chi connectivity index (χ0n) is 8.96. The van der Waals surface area contributed by atoms with Crippen molar-refractivity contribution in [3.63, 3.8) is 0 Å². The molecule has 1 aromatic carbocycles. The van der Waals surface area contributed by atoms with Crippen LogP contribution in [0, 0.1) is 0 Å². The van der Waals surface area contributed by atoms with Crippen molar-refractivity contribution in [2.45, 2.75) is 0 Å². The van der Waals surface area contributed by atoms with E-state index in [1.807, 2.05) is 0 Å². The highest BCUT2D eigenvalue weighted by atomic mass is 35.5. The van der Waals surface area contributed by atoms with Crippen LogP contribution in [0.25, 0.3) is 0 Å². The topological polar surface area (TPSA) is 95.3 Å². The Morgan fingerprint density at radius 1 is 1.22 bits per heavy atom. The fourth-order valence-corrected chi connectivity index (χ4v) is 1.40. The number of phenolic OH excluding ortho intramolecular Hbond substituents is 2. The highest BCUT2D eigenvalue weighted by Crippen LogP contribution is 2.25. The molecule has 0 aliphatic heterocycles. The van der Waals surface area contributed by atoms with Crippen LogP contribution in [0.4, 0.5) is 5.82 Å². The first-order chi connectivity index (χ1) is 8.56. The monoisotopic (exact) mass is 265 g/mol. The number of hydrogen-bond acceptors (Lipinski definition) is 5. The lowest BCUT2D eigenvalue weighted by Crippen LogP contribution is -2.13. The summed E-state index contributed by atoms with van der Waals surface area (Å²) in [5.41, 5.74) is 0.173. The summed E-state index contributed by atoms with van der Waals surface area (Å²) in [6.07, 6.45) is 2.67. The molecule has 2 aromatic rings. The van der Waals surface area contributed by atoms with Gasteiger partial charge in [0.1, 0.15) is 5.15 Å². The van der Waals surface area contributed by atoms with Crippen LogP contribution in [0.15, 0.2) is 30.6 Å². The first kappa shape index (κ1) is 12.1. The number of nitrogens with zero attached hydrogens (tertiary/aromatic N) is 2. The predicted molar refractivity (Wildman–Crippen MR) is 64.8 cm³/mol. The second-order valence-corrected chi connectivity index (χ2v) is 3.77. The molecule has 0 bridgehead atoms. The molecule has 0 aliphatic rings. The molecule has 0 spiro atoms. The standard InChI is InChI=1S/C11H8ClN3O3/c12-9-4-13-5-10(14-9)15-11(18)6-1-2-7(16)8(17)3-6/h1-5,16-17H,(H,14,15,18). The fraction of sp³-hybridized carbons (Fsp3) is 0. The molecule has 0 saturated heterocycles. The van der Waals surface area contributed by atoms with Gasteiger partial charge in [-0.15, -0.1) is 0 Å². The van der Waals surface area contributed by atoms with Gasteiger partial charge in [-0.25, -0.2) is 4.98 Å². The number of aromatic hydroxyl groups is 2. The van der Waals surface area contributed by atoms with E-state index in [-0.39, 0.29) is 28.0 Å². The summed E-state index contributed by atoms with van der Waals surface area (Å²) in [5, 5.41) is 21.0. The Bertz CT molecular complexity index is 604. The van der Waals surface area contributed by atoms with Crippen molar-refractivity contribution >= 4 is 23.3 Å². The van der Waals surface area contributed by atoms with Crippen LogP contribution in [0.2, 0.25) is 5.15 Å². The van der Waals surface area contributed by atoms with E-state index in [0.717, 1.165) is 6.07 Å². The first-order valence-electron chi connectivity index (χ1n) is 4.87. The molecule has 7 heteroatoms. The summed E-state index contributed by atoms with van der Waals surface area (Å²) < 4.78 is 0. The summed E-state index contributed by atoms with van der Waals surface area (Å²) >= 11 is 5.62. The van der Waals surface area contributed by atoms with Gasteiger partial charge in [-0.2, -0.15) is 0 Å². The van der Waals surface area contributed by atoms with Gasteiger partial charge >= 0.3 is 0 Å². The van der Waals surface area contributed by atoms with Crippen molar-refractivity contribution in [1.29, 1.82) is 0 Å². The van der Waals surface area contributed by atoms with Gasteiger partial charge < -0.3 is 15.5 Å². The Balaban J connectivity index is 2.19. The summed E-state index contributed by atoms with van der Waals surface area (Å²) in [5.74, 6) is -0.976. The van der Waals surface area contributed by atoms with Gasteiger partial charge in [0.05, 0.1) is 12.4 Å². The Hall–Kier alpha value is -2.34. The Morgan fingerprint density at radius 3 is 2.67 bits per heavy atom. The quantitative estimate of drug-likeness (QED) is 0.720. The molecule has 0 fully saturated rings. The van der Waals surface area contributed by atoms with Crippen molar-refractivity contribution in [3.05, 3.63) is 41.3 Å². The summed E-state index contributed by atoms with van der Waals surface area (Å²) in [6, 6.07) is 3.72. The minimum atomic E-state index is -0.498. The molecule has 0 aliphatic carbocycles. The molecule has 1 amide bonds. The Kier molecular flexibility index (Phi) is 3.29. The van der Waals surface area contributed by atoms with E-state index < -0.39 is 5.91 Å². The average molecular weight is 266 g/mol. The van der Waals surface area contributed by atoms with Crippen molar-refractivity contribution in [2.24, 2.45) is 0 Å². The average Bonchev–Trinajstić information content (AvgIpc) is 2.32. The van der Waals surface area contributed by atoms with Crippen molar-refractivity contribution in [3.8, 4) is 11.5 Å². The van der Waals surface area contributed by atoms with Crippen LogP contribution >= 0.6 is 11.6 Å². The third kappa shape index (κ3) is 2.67. The molecule has 6 nitrogen and oxygen atoms in total. The molecule has 3 N–H and O–H groups in total. The van der Waals surface area contributed by atoms with Gasteiger partial charge in [0.25, 0.3) is 5.91 Å².